The number of benzene rings is 1. The van der Waals surface area contributed by atoms with Crippen LogP contribution in [0, 0.1) is 5.92 Å². The summed E-state index contributed by atoms with van der Waals surface area (Å²) in [6, 6.07) is 9.96. The van der Waals surface area contributed by atoms with Crippen molar-refractivity contribution in [1.29, 1.82) is 0 Å². The summed E-state index contributed by atoms with van der Waals surface area (Å²) in [4.78, 5) is 26.1. The van der Waals surface area contributed by atoms with Crippen LogP contribution in [0.25, 0.3) is 0 Å². The summed E-state index contributed by atoms with van der Waals surface area (Å²) in [5.74, 6) is -0.597. The first-order chi connectivity index (χ1) is 12.8. The lowest BCUT2D eigenvalue weighted by Crippen LogP contribution is -2.42. The predicted molar refractivity (Wildman–Crippen MR) is 91.6 cm³/mol. The lowest BCUT2D eigenvalue weighted by molar-refractivity contribution is -0.142. The molecule has 144 valence electrons. The second kappa shape index (κ2) is 7.81. The third kappa shape index (κ3) is 4.87. The topological polar surface area (TPSA) is 67.2 Å². The van der Waals surface area contributed by atoms with E-state index in [9.17, 15) is 22.8 Å². The molecule has 0 bridgehead atoms. The summed E-state index contributed by atoms with van der Waals surface area (Å²) in [7, 11) is 0. The van der Waals surface area contributed by atoms with Gasteiger partial charge in [0, 0.05) is 30.9 Å². The third-order valence-electron chi connectivity index (χ3n) is 4.49. The normalized spacial score (nSPS) is 15.6. The molecule has 1 aliphatic rings. The average Bonchev–Trinajstić information content (AvgIpc) is 3.11. The van der Waals surface area contributed by atoms with Gasteiger partial charge in [-0.15, -0.1) is 0 Å². The molecule has 1 saturated heterocycles. The summed E-state index contributed by atoms with van der Waals surface area (Å²) in [5.41, 5.74) is -0.299. The van der Waals surface area contributed by atoms with Gasteiger partial charge in [0.25, 0.3) is 0 Å². The molecule has 0 aliphatic carbocycles. The standard InChI is InChI=1S/C18H19F3N4O2/c19-18(20,21)15-8-11-25(23-15)12-16(26)24-9-6-13(7-10-24)17(27)22-14-4-2-1-3-5-14/h1-5,8,11,13H,6-7,9-10,12H2,(H,22,27). The summed E-state index contributed by atoms with van der Waals surface area (Å²) in [6.07, 6.45) is -2.37. The first-order valence-electron chi connectivity index (χ1n) is 8.57. The van der Waals surface area contributed by atoms with Crippen molar-refractivity contribution in [2.45, 2.75) is 25.6 Å². The highest BCUT2D eigenvalue weighted by atomic mass is 19.4. The fourth-order valence-corrected chi connectivity index (χ4v) is 3.00. The molecule has 27 heavy (non-hydrogen) atoms. The van der Waals surface area contributed by atoms with Crippen LogP contribution in [0.4, 0.5) is 18.9 Å². The summed E-state index contributed by atoms with van der Waals surface area (Å²) >= 11 is 0. The number of amides is 2. The van der Waals surface area contributed by atoms with E-state index in [1.54, 1.807) is 17.0 Å². The van der Waals surface area contributed by atoms with Gasteiger partial charge in [0.1, 0.15) is 6.54 Å². The summed E-state index contributed by atoms with van der Waals surface area (Å²) in [6.45, 7) is 0.523. The molecule has 1 aromatic heterocycles. The van der Waals surface area contributed by atoms with Gasteiger partial charge in [0.2, 0.25) is 11.8 Å². The highest BCUT2D eigenvalue weighted by molar-refractivity contribution is 5.92. The second-order valence-corrected chi connectivity index (χ2v) is 6.41. The third-order valence-corrected chi connectivity index (χ3v) is 4.49. The Kier molecular flexibility index (Phi) is 5.48. The van der Waals surface area contributed by atoms with Gasteiger partial charge in [-0.3, -0.25) is 14.3 Å². The number of nitrogens with zero attached hydrogens (tertiary/aromatic N) is 3. The maximum absolute atomic E-state index is 12.6. The minimum absolute atomic E-state index is 0.0878. The minimum Gasteiger partial charge on any atom is -0.341 e. The van der Waals surface area contributed by atoms with Crippen LogP contribution in [0.15, 0.2) is 42.6 Å². The van der Waals surface area contributed by atoms with Crippen molar-refractivity contribution >= 4 is 17.5 Å². The Hall–Kier alpha value is -2.84. The molecule has 1 aromatic carbocycles. The first kappa shape index (κ1) is 18.9. The van der Waals surface area contributed by atoms with E-state index in [4.69, 9.17) is 0 Å². The Morgan fingerprint density at radius 3 is 2.37 bits per heavy atom. The number of hydrogen-bond acceptors (Lipinski definition) is 3. The Morgan fingerprint density at radius 1 is 1.11 bits per heavy atom. The number of anilines is 1. The van der Waals surface area contributed by atoms with Gasteiger partial charge in [-0.2, -0.15) is 18.3 Å². The number of alkyl halides is 3. The van der Waals surface area contributed by atoms with E-state index in [0.717, 1.165) is 22.6 Å². The molecular weight excluding hydrogens is 361 g/mol. The van der Waals surface area contributed by atoms with Crippen molar-refractivity contribution < 1.29 is 22.8 Å². The van der Waals surface area contributed by atoms with Crippen molar-refractivity contribution in [2.24, 2.45) is 5.92 Å². The fourth-order valence-electron chi connectivity index (χ4n) is 3.00. The number of aromatic nitrogens is 2. The monoisotopic (exact) mass is 380 g/mol. The van der Waals surface area contributed by atoms with Crippen LogP contribution in [0.2, 0.25) is 0 Å². The number of nitrogens with one attached hydrogen (secondary N) is 1. The molecule has 1 fully saturated rings. The molecule has 9 heteroatoms. The molecule has 0 saturated carbocycles. The number of carbonyl (C=O) groups is 2. The lowest BCUT2D eigenvalue weighted by Gasteiger charge is -2.31. The van der Waals surface area contributed by atoms with E-state index in [2.05, 4.69) is 10.4 Å². The fraction of sp³-hybridized carbons (Fsp3) is 0.389. The SMILES string of the molecule is O=C(Nc1ccccc1)C1CCN(C(=O)Cn2ccc(C(F)(F)F)n2)CC1. The van der Waals surface area contributed by atoms with Crippen LogP contribution in [-0.2, 0) is 22.3 Å². The number of halogens is 3. The van der Waals surface area contributed by atoms with Crippen LogP contribution < -0.4 is 5.32 Å². The van der Waals surface area contributed by atoms with E-state index in [0.29, 0.717) is 25.9 Å². The number of piperidine rings is 1. The molecule has 0 atom stereocenters. The molecule has 0 radical (unpaired) electrons. The van der Waals surface area contributed by atoms with Gasteiger partial charge in [-0.1, -0.05) is 18.2 Å². The molecule has 6 nitrogen and oxygen atoms in total. The Morgan fingerprint density at radius 2 is 1.78 bits per heavy atom. The van der Waals surface area contributed by atoms with Gasteiger partial charge >= 0.3 is 6.18 Å². The highest BCUT2D eigenvalue weighted by Gasteiger charge is 2.34. The van der Waals surface area contributed by atoms with Gasteiger partial charge in [-0.05, 0) is 31.0 Å². The van der Waals surface area contributed by atoms with Gasteiger partial charge in [0.05, 0.1) is 0 Å². The maximum Gasteiger partial charge on any atom is 0.435 e. The number of hydrogen-bond donors (Lipinski definition) is 1. The van der Waals surface area contributed by atoms with Crippen molar-refractivity contribution in [1.82, 2.24) is 14.7 Å². The zero-order valence-corrected chi connectivity index (χ0v) is 14.4. The van der Waals surface area contributed by atoms with E-state index < -0.39 is 11.9 Å². The predicted octanol–water partition coefficient (Wildman–Crippen LogP) is 2.78. The lowest BCUT2D eigenvalue weighted by atomic mass is 9.95. The number of carbonyl (C=O) groups excluding carboxylic acids is 2. The maximum atomic E-state index is 12.6. The molecule has 2 aromatic rings. The number of rotatable bonds is 4. The Balaban J connectivity index is 1.49. The highest BCUT2D eigenvalue weighted by Crippen LogP contribution is 2.27. The molecular formula is C18H19F3N4O2. The number of likely N-dealkylation sites (tertiary alicyclic amines) is 1. The van der Waals surface area contributed by atoms with Crippen molar-refractivity contribution in [3.05, 3.63) is 48.3 Å². The Bertz CT molecular complexity index is 796. The molecule has 0 spiro atoms. The second-order valence-electron chi connectivity index (χ2n) is 6.41. The van der Waals surface area contributed by atoms with E-state index in [1.807, 2.05) is 18.2 Å². The van der Waals surface area contributed by atoms with Crippen molar-refractivity contribution in [2.75, 3.05) is 18.4 Å². The van der Waals surface area contributed by atoms with Crippen molar-refractivity contribution in [3.63, 3.8) is 0 Å². The van der Waals surface area contributed by atoms with E-state index in [1.165, 1.54) is 0 Å². The Labute approximate surface area is 154 Å². The smallest absolute Gasteiger partial charge is 0.341 e. The van der Waals surface area contributed by atoms with Gasteiger partial charge in [0.15, 0.2) is 5.69 Å². The van der Waals surface area contributed by atoms with Crippen LogP contribution in [0.1, 0.15) is 18.5 Å². The van der Waals surface area contributed by atoms with E-state index in [-0.39, 0.29) is 24.3 Å². The quantitative estimate of drug-likeness (QED) is 0.887. The summed E-state index contributed by atoms with van der Waals surface area (Å²) < 4.78 is 38.7. The van der Waals surface area contributed by atoms with Crippen LogP contribution >= 0.6 is 0 Å². The average molecular weight is 380 g/mol. The largest absolute Gasteiger partial charge is 0.435 e. The first-order valence-corrected chi connectivity index (χ1v) is 8.57. The van der Waals surface area contributed by atoms with Crippen LogP contribution in [0.3, 0.4) is 0 Å². The molecule has 0 unspecified atom stereocenters. The van der Waals surface area contributed by atoms with E-state index >= 15 is 0 Å². The number of para-hydroxylation sites is 1. The molecule has 1 N–H and O–H groups in total. The van der Waals surface area contributed by atoms with Crippen LogP contribution in [-0.4, -0.2) is 39.6 Å². The molecule has 3 rings (SSSR count). The zero-order valence-electron chi connectivity index (χ0n) is 14.4. The van der Waals surface area contributed by atoms with Gasteiger partial charge < -0.3 is 10.2 Å². The molecule has 2 amide bonds. The van der Waals surface area contributed by atoms with Gasteiger partial charge in [-0.25, -0.2) is 0 Å². The summed E-state index contributed by atoms with van der Waals surface area (Å²) in [5, 5.41) is 6.24. The van der Waals surface area contributed by atoms with Crippen LogP contribution in [0.5, 0.6) is 0 Å². The molecule has 1 aliphatic heterocycles. The van der Waals surface area contributed by atoms with Crippen molar-refractivity contribution in [3.8, 4) is 0 Å². The molecule has 2 heterocycles. The zero-order chi connectivity index (χ0) is 19.4. The minimum atomic E-state index is -4.53.